The summed E-state index contributed by atoms with van der Waals surface area (Å²) in [4.78, 5) is 4.07. The van der Waals surface area contributed by atoms with E-state index in [0.29, 0.717) is 11.5 Å². The molecule has 0 bridgehead atoms. The normalized spacial score (nSPS) is 10.3. The maximum absolute atomic E-state index is 12.3. The minimum atomic E-state index is -2.85. The van der Waals surface area contributed by atoms with Gasteiger partial charge in [0.1, 0.15) is 11.6 Å². The Bertz CT molecular complexity index is 549. The molecule has 19 heavy (non-hydrogen) atoms. The summed E-state index contributed by atoms with van der Waals surface area (Å²) >= 11 is 0. The van der Waals surface area contributed by atoms with Crippen LogP contribution in [-0.4, -0.2) is 18.6 Å². The first-order valence-electron chi connectivity index (χ1n) is 5.63. The van der Waals surface area contributed by atoms with Gasteiger partial charge in [-0.2, -0.15) is 8.78 Å². The fourth-order valence-corrected chi connectivity index (χ4v) is 1.57. The molecule has 0 saturated heterocycles. The smallest absolute Gasteiger partial charge is 0.387 e. The lowest BCUT2D eigenvalue weighted by atomic mass is 10.2. The minimum absolute atomic E-state index is 0.0975. The van der Waals surface area contributed by atoms with Gasteiger partial charge in [-0.05, 0) is 18.2 Å². The fraction of sp³-hybridized carbons (Fsp3) is 0.154. The number of hydrogen-bond acceptors (Lipinski definition) is 4. The predicted molar refractivity (Wildman–Crippen MR) is 70.1 cm³/mol. The standard InChI is InChI=1S/C13H13F2N3O/c1-16-12-8-9(6-7-17-12)18-10-4-2-3-5-11(10)19-13(14)15/h2-8,13H,1H3,(H2,16,17,18). The first kappa shape index (κ1) is 13.1. The number of pyridine rings is 1. The van der Waals surface area contributed by atoms with Gasteiger partial charge in [-0.25, -0.2) is 4.98 Å². The van der Waals surface area contributed by atoms with Crippen molar-refractivity contribution < 1.29 is 13.5 Å². The molecule has 0 saturated carbocycles. The molecule has 2 aromatic rings. The van der Waals surface area contributed by atoms with E-state index in [1.165, 1.54) is 6.07 Å². The zero-order valence-electron chi connectivity index (χ0n) is 10.2. The van der Waals surface area contributed by atoms with E-state index in [1.54, 1.807) is 43.6 Å². The number of anilines is 3. The summed E-state index contributed by atoms with van der Waals surface area (Å²) in [6.07, 6.45) is 1.62. The van der Waals surface area contributed by atoms with Gasteiger partial charge < -0.3 is 15.4 Å². The van der Waals surface area contributed by atoms with Crippen molar-refractivity contribution in [3.8, 4) is 5.75 Å². The highest BCUT2D eigenvalue weighted by atomic mass is 19.3. The molecule has 0 aliphatic heterocycles. The van der Waals surface area contributed by atoms with Gasteiger partial charge in [0.15, 0.2) is 0 Å². The van der Waals surface area contributed by atoms with Crippen molar-refractivity contribution in [3.05, 3.63) is 42.6 Å². The van der Waals surface area contributed by atoms with Crippen LogP contribution in [0.5, 0.6) is 5.75 Å². The Balaban J connectivity index is 2.22. The molecule has 4 nitrogen and oxygen atoms in total. The fourth-order valence-electron chi connectivity index (χ4n) is 1.57. The molecule has 100 valence electrons. The van der Waals surface area contributed by atoms with E-state index in [0.717, 1.165) is 5.69 Å². The number of benzene rings is 1. The quantitative estimate of drug-likeness (QED) is 0.869. The number of para-hydroxylation sites is 2. The first-order valence-corrected chi connectivity index (χ1v) is 5.63. The predicted octanol–water partition coefficient (Wildman–Crippen LogP) is 3.47. The highest BCUT2D eigenvalue weighted by molar-refractivity contribution is 5.67. The third-order valence-electron chi connectivity index (χ3n) is 2.40. The monoisotopic (exact) mass is 265 g/mol. The Morgan fingerprint density at radius 3 is 2.74 bits per heavy atom. The maximum atomic E-state index is 12.3. The van der Waals surface area contributed by atoms with E-state index in [9.17, 15) is 8.78 Å². The molecule has 1 aromatic carbocycles. The molecular formula is C13H13F2N3O. The van der Waals surface area contributed by atoms with Gasteiger partial charge in [-0.15, -0.1) is 0 Å². The third-order valence-corrected chi connectivity index (χ3v) is 2.40. The van der Waals surface area contributed by atoms with Crippen molar-refractivity contribution in [3.63, 3.8) is 0 Å². The topological polar surface area (TPSA) is 46.2 Å². The lowest BCUT2D eigenvalue weighted by Crippen LogP contribution is -2.04. The van der Waals surface area contributed by atoms with Crippen LogP contribution in [0.4, 0.5) is 26.0 Å². The number of aromatic nitrogens is 1. The van der Waals surface area contributed by atoms with Crippen molar-refractivity contribution >= 4 is 17.2 Å². The Hall–Kier alpha value is -2.37. The summed E-state index contributed by atoms with van der Waals surface area (Å²) in [5.41, 5.74) is 1.20. The number of rotatable bonds is 5. The van der Waals surface area contributed by atoms with Gasteiger partial charge >= 0.3 is 6.61 Å². The van der Waals surface area contributed by atoms with Gasteiger partial charge in [-0.1, -0.05) is 12.1 Å². The van der Waals surface area contributed by atoms with Crippen LogP contribution in [-0.2, 0) is 0 Å². The van der Waals surface area contributed by atoms with Gasteiger partial charge in [-0.3, -0.25) is 0 Å². The van der Waals surface area contributed by atoms with Crippen LogP contribution in [0.2, 0.25) is 0 Å². The average Bonchev–Trinajstić information content (AvgIpc) is 2.41. The summed E-state index contributed by atoms with van der Waals surface area (Å²) in [5.74, 6) is 0.776. The largest absolute Gasteiger partial charge is 0.433 e. The second-order valence-electron chi connectivity index (χ2n) is 3.68. The summed E-state index contributed by atoms with van der Waals surface area (Å²) in [5, 5.41) is 5.91. The Kier molecular flexibility index (Phi) is 4.12. The van der Waals surface area contributed by atoms with Crippen LogP contribution in [0.1, 0.15) is 0 Å². The molecule has 0 aliphatic carbocycles. The van der Waals surface area contributed by atoms with E-state index in [-0.39, 0.29) is 5.75 Å². The molecular weight excluding hydrogens is 252 g/mol. The van der Waals surface area contributed by atoms with Crippen LogP contribution in [0.15, 0.2) is 42.6 Å². The molecule has 0 unspecified atom stereocenters. The Morgan fingerprint density at radius 2 is 2.00 bits per heavy atom. The van der Waals surface area contributed by atoms with E-state index < -0.39 is 6.61 Å². The molecule has 0 fully saturated rings. The SMILES string of the molecule is CNc1cc(Nc2ccccc2OC(F)F)ccn1. The minimum Gasteiger partial charge on any atom is -0.433 e. The average molecular weight is 265 g/mol. The molecule has 2 rings (SSSR count). The van der Waals surface area contributed by atoms with Crippen molar-refractivity contribution in [1.82, 2.24) is 4.98 Å². The first-order chi connectivity index (χ1) is 9.19. The van der Waals surface area contributed by atoms with E-state index in [1.807, 2.05) is 0 Å². The zero-order chi connectivity index (χ0) is 13.7. The molecule has 0 amide bonds. The summed E-state index contributed by atoms with van der Waals surface area (Å²) in [6, 6.07) is 10.0. The third kappa shape index (κ3) is 3.54. The molecule has 1 aromatic heterocycles. The van der Waals surface area contributed by atoms with Crippen molar-refractivity contribution in [1.29, 1.82) is 0 Å². The molecule has 0 aliphatic rings. The molecule has 0 spiro atoms. The van der Waals surface area contributed by atoms with Gasteiger partial charge in [0.2, 0.25) is 0 Å². The lowest BCUT2D eigenvalue weighted by molar-refractivity contribution is -0.0493. The summed E-state index contributed by atoms with van der Waals surface area (Å²) in [7, 11) is 1.75. The molecule has 1 heterocycles. The van der Waals surface area contributed by atoms with Crippen LogP contribution >= 0.6 is 0 Å². The van der Waals surface area contributed by atoms with Crippen LogP contribution in [0.25, 0.3) is 0 Å². The maximum Gasteiger partial charge on any atom is 0.387 e. The summed E-state index contributed by atoms with van der Waals surface area (Å²) < 4.78 is 29.0. The Morgan fingerprint density at radius 1 is 1.21 bits per heavy atom. The van der Waals surface area contributed by atoms with Crippen molar-refractivity contribution in [2.45, 2.75) is 6.61 Å². The van der Waals surface area contributed by atoms with Gasteiger partial charge in [0.05, 0.1) is 5.69 Å². The number of alkyl halides is 2. The molecule has 2 N–H and O–H groups in total. The molecule has 0 atom stereocenters. The number of hydrogen-bond donors (Lipinski definition) is 2. The Labute approximate surface area is 109 Å². The summed E-state index contributed by atoms with van der Waals surface area (Å²) in [6.45, 7) is -2.85. The van der Waals surface area contributed by atoms with Gasteiger partial charge in [0, 0.05) is 25.0 Å². The van der Waals surface area contributed by atoms with E-state index in [2.05, 4.69) is 20.4 Å². The lowest BCUT2D eigenvalue weighted by Gasteiger charge is -2.12. The molecule has 6 heteroatoms. The van der Waals surface area contributed by atoms with Crippen LogP contribution in [0.3, 0.4) is 0 Å². The molecule has 0 radical (unpaired) electrons. The number of ether oxygens (including phenoxy) is 1. The van der Waals surface area contributed by atoms with Gasteiger partial charge in [0.25, 0.3) is 0 Å². The van der Waals surface area contributed by atoms with E-state index >= 15 is 0 Å². The second kappa shape index (κ2) is 5.99. The van der Waals surface area contributed by atoms with Crippen molar-refractivity contribution in [2.75, 3.05) is 17.7 Å². The van der Waals surface area contributed by atoms with Crippen LogP contribution in [0, 0.1) is 0 Å². The number of halogens is 2. The highest BCUT2D eigenvalue weighted by Gasteiger charge is 2.09. The van der Waals surface area contributed by atoms with E-state index in [4.69, 9.17) is 0 Å². The zero-order valence-corrected chi connectivity index (χ0v) is 10.2. The number of nitrogens with one attached hydrogen (secondary N) is 2. The van der Waals surface area contributed by atoms with Crippen molar-refractivity contribution in [2.24, 2.45) is 0 Å². The number of nitrogens with zero attached hydrogens (tertiary/aromatic N) is 1. The van der Waals surface area contributed by atoms with Crippen LogP contribution < -0.4 is 15.4 Å². The second-order valence-corrected chi connectivity index (χ2v) is 3.68. The highest BCUT2D eigenvalue weighted by Crippen LogP contribution is 2.29.